The Bertz CT molecular complexity index is 149. The molecule has 2 aromatic rings. The number of rotatable bonds is 0. The molecule has 2 radical (unpaired) electrons. The number of hydrogen-bond donors (Lipinski definition) is 2. The van der Waals surface area contributed by atoms with Crippen LogP contribution < -0.4 is 0 Å². The number of H-pyrrole nitrogens is 2. The van der Waals surface area contributed by atoms with E-state index in [1.54, 1.807) is 0 Å². The maximum absolute atomic E-state index is 3.43. The van der Waals surface area contributed by atoms with Crippen molar-refractivity contribution in [2.45, 2.75) is 0 Å². The van der Waals surface area contributed by atoms with Crippen LogP contribution in [0.2, 0.25) is 0 Å². The fourth-order valence-corrected chi connectivity index (χ4v) is 0.289. The molecule has 2 N–H and O–H groups in total. The van der Waals surface area contributed by atoms with Crippen LogP contribution >= 0.6 is 0 Å². The third-order valence-corrected chi connectivity index (χ3v) is 0.589. The van der Waals surface area contributed by atoms with Gasteiger partial charge in [-0.05, 0) is 0 Å². The highest BCUT2D eigenvalue weighted by molar-refractivity contribution is 4.51. The lowest BCUT2D eigenvalue weighted by Crippen LogP contribution is -1.62. The Labute approximate surface area is 56.7 Å². The van der Waals surface area contributed by atoms with Crippen molar-refractivity contribution in [3.8, 4) is 0 Å². The summed E-state index contributed by atoms with van der Waals surface area (Å²) in [5.41, 5.74) is 0. The highest BCUT2D eigenvalue weighted by atomic mass is 15.3. The van der Waals surface area contributed by atoms with E-state index in [0.717, 1.165) is 0 Å². The first-order valence-corrected chi connectivity index (χ1v) is 2.44. The maximum atomic E-state index is 3.43. The molecule has 0 aromatic carbocycles. The summed E-state index contributed by atoms with van der Waals surface area (Å²) in [6, 6.07) is 0. The predicted molar refractivity (Wildman–Crippen MR) is 30.4 cm³/mol. The summed E-state index contributed by atoms with van der Waals surface area (Å²) in [6.07, 6.45) is 7.88. The largest absolute Gasteiger partial charge is 0.265 e. The quantitative estimate of drug-likeness (QED) is 0.497. The van der Waals surface area contributed by atoms with E-state index in [2.05, 4.69) is 43.2 Å². The Hall–Kier alpha value is -1.72. The van der Waals surface area contributed by atoms with Crippen LogP contribution in [0, 0.1) is 12.4 Å². The van der Waals surface area contributed by atoms with Crippen LogP contribution in [-0.2, 0) is 0 Å². The molecule has 0 spiro atoms. The summed E-state index contributed by atoms with van der Waals surface area (Å²) in [4.78, 5) is 0. The Morgan fingerprint density at radius 3 is 2.50 bits per heavy atom. The predicted octanol–water partition coefficient (Wildman–Crippen LogP) is -0.790. The van der Waals surface area contributed by atoms with Gasteiger partial charge in [-0.25, -0.2) is 0 Å². The van der Waals surface area contributed by atoms with Gasteiger partial charge in [0.1, 0.15) is 12.4 Å². The van der Waals surface area contributed by atoms with E-state index in [4.69, 9.17) is 0 Å². The van der Waals surface area contributed by atoms with Crippen molar-refractivity contribution in [2.75, 3.05) is 0 Å². The van der Waals surface area contributed by atoms with Crippen molar-refractivity contribution in [1.82, 2.24) is 30.8 Å². The number of aromatic nitrogens is 6. The molecule has 0 atom stereocenters. The lowest BCUT2D eigenvalue weighted by Gasteiger charge is -1.48. The first kappa shape index (κ1) is 6.40. The Morgan fingerprint density at radius 2 is 2.30 bits per heavy atom. The van der Waals surface area contributed by atoms with Crippen LogP contribution in [-0.4, -0.2) is 30.8 Å². The van der Waals surface area contributed by atoms with Gasteiger partial charge in [0.2, 0.25) is 0 Å². The molecule has 0 aliphatic carbocycles. The van der Waals surface area contributed by atoms with Gasteiger partial charge in [-0.2, -0.15) is 15.4 Å². The van der Waals surface area contributed by atoms with E-state index in [1.807, 2.05) is 0 Å². The van der Waals surface area contributed by atoms with E-state index in [1.165, 1.54) is 12.4 Å². The fourth-order valence-electron chi connectivity index (χ4n) is 0.289. The Balaban J connectivity index is 0.0000001000. The van der Waals surface area contributed by atoms with Crippen molar-refractivity contribution < 1.29 is 0 Å². The fraction of sp³-hybridized carbons (Fsp3) is 0. The zero-order valence-corrected chi connectivity index (χ0v) is 4.94. The Morgan fingerprint density at radius 1 is 1.30 bits per heavy atom. The smallest absolute Gasteiger partial charge is 0.134 e. The number of aromatic amines is 2. The second kappa shape index (κ2) is 4.19. The number of nitrogens with one attached hydrogen (secondary N) is 2. The van der Waals surface area contributed by atoms with Gasteiger partial charge in [-0.1, -0.05) is 5.21 Å². The first-order chi connectivity index (χ1) is 5.00. The van der Waals surface area contributed by atoms with Crippen LogP contribution in [0.4, 0.5) is 0 Å². The topological polar surface area (TPSA) is 83.1 Å². The molecule has 0 bridgehead atoms. The van der Waals surface area contributed by atoms with E-state index < -0.39 is 0 Å². The van der Waals surface area contributed by atoms with Crippen molar-refractivity contribution in [3.05, 3.63) is 24.8 Å². The molecule has 0 fully saturated rings. The van der Waals surface area contributed by atoms with Crippen molar-refractivity contribution >= 4 is 0 Å². The molecular weight excluding hydrogens is 132 g/mol. The molecule has 0 amide bonds. The molecule has 0 unspecified atom stereocenters. The van der Waals surface area contributed by atoms with Gasteiger partial charge < -0.3 is 0 Å². The molecule has 50 valence electrons. The number of hydrogen-bond acceptors (Lipinski definition) is 4. The van der Waals surface area contributed by atoms with E-state index in [0.29, 0.717) is 0 Å². The zero-order valence-electron chi connectivity index (χ0n) is 4.94. The molecular formula is C4H4N6. The monoisotopic (exact) mass is 136 g/mol. The molecule has 2 aromatic heterocycles. The Kier molecular flexibility index (Phi) is 2.68. The van der Waals surface area contributed by atoms with Crippen molar-refractivity contribution in [1.29, 1.82) is 0 Å². The molecule has 0 saturated carbocycles. The van der Waals surface area contributed by atoms with E-state index >= 15 is 0 Å². The van der Waals surface area contributed by atoms with Gasteiger partial charge in [-0.3, -0.25) is 5.10 Å². The lowest BCUT2D eigenvalue weighted by molar-refractivity contribution is 0.938. The third kappa shape index (κ3) is 2.55. The highest BCUT2D eigenvalue weighted by Crippen LogP contribution is 1.53. The molecule has 6 heteroatoms. The summed E-state index contributed by atoms with van der Waals surface area (Å²) < 4.78 is 0. The molecule has 0 aliphatic rings. The molecule has 10 heavy (non-hydrogen) atoms. The maximum Gasteiger partial charge on any atom is 0.134 e. The van der Waals surface area contributed by atoms with Crippen LogP contribution in [0.25, 0.3) is 0 Å². The summed E-state index contributed by atoms with van der Waals surface area (Å²) in [5, 5.41) is 18.1. The SMILES string of the molecule is [c]1c[nH]nn1.[c]1cn[nH]n1. The zero-order chi connectivity index (χ0) is 7.07. The van der Waals surface area contributed by atoms with Gasteiger partial charge in [0, 0.05) is 0 Å². The third-order valence-electron chi connectivity index (χ3n) is 0.589. The van der Waals surface area contributed by atoms with Gasteiger partial charge in [0.25, 0.3) is 0 Å². The van der Waals surface area contributed by atoms with Crippen LogP contribution in [0.3, 0.4) is 0 Å². The van der Waals surface area contributed by atoms with Crippen molar-refractivity contribution in [3.63, 3.8) is 0 Å². The highest BCUT2D eigenvalue weighted by Gasteiger charge is 1.60. The second-order valence-electron chi connectivity index (χ2n) is 1.20. The summed E-state index contributed by atoms with van der Waals surface area (Å²) in [7, 11) is 0. The van der Waals surface area contributed by atoms with Crippen LogP contribution in [0.1, 0.15) is 0 Å². The summed E-state index contributed by atoms with van der Waals surface area (Å²) >= 11 is 0. The molecule has 2 heterocycles. The molecule has 2 rings (SSSR count). The van der Waals surface area contributed by atoms with Gasteiger partial charge in [0.05, 0.1) is 12.4 Å². The van der Waals surface area contributed by atoms with E-state index in [-0.39, 0.29) is 0 Å². The average Bonchev–Trinajstić information content (AvgIpc) is 2.67. The van der Waals surface area contributed by atoms with Crippen LogP contribution in [0.5, 0.6) is 0 Å². The minimum Gasteiger partial charge on any atom is -0.265 e. The average molecular weight is 136 g/mol. The van der Waals surface area contributed by atoms with Crippen molar-refractivity contribution in [2.24, 2.45) is 0 Å². The molecule has 0 saturated heterocycles. The molecule has 6 nitrogen and oxygen atoms in total. The van der Waals surface area contributed by atoms with E-state index in [9.17, 15) is 0 Å². The standard InChI is InChI=1S/2C2H2N3/c2*1-2-4-5-3-1/h2*1H,(H,3,4,5). The lowest BCUT2D eigenvalue weighted by atomic mass is 11.0. The summed E-state index contributed by atoms with van der Waals surface area (Å²) in [6.45, 7) is 0. The second-order valence-corrected chi connectivity index (χ2v) is 1.20. The minimum absolute atomic E-state index is 1.46. The van der Waals surface area contributed by atoms with Gasteiger partial charge in [-0.15, -0.1) is 5.10 Å². The normalized spacial score (nSPS) is 8.00. The molecule has 0 aliphatic heterocycles. The summed E-state index contributed by atoms with van der Waals surface area (Å²) in [5.74, 6) is 0. The van der Waals surface area contributed by atoms with Crippen LogP contribution in [0.15, 0.2) is 12.4 Å². The minimum atomic E-state index is 1.46. The van der Waals surface area contributed by atoms with Gasteiger partial charge >= 0.3 is 0 Å². The number of nitrogens with zero attached hydrogens (tertiary/aromatic N) is 4. The van der Waals surface area contributed by atoms with Gasteiger partial charge in [0.15, 0.2) is 0 Å². The first-order valence-electron chi connectivity index (χ1n) is 2.44.